The molecule has 822 valence electrons. The average Bonchev–Trinajstić information content (AvgIpc) is 1.72. The van der Waals surface area contributed by atoms with Gasteiger partial charge in [-0.3, -0.25) is 18.3 Å². The molecular weight excluding hydrogens is 2120 g/mol. The van der Waals surface area contributed by atoms with Gasteiger partial charge in [0.1, 0.15) is 17.0 Å². The van der Waals surface area contributed by atoms with Crippen LogP contribution in [0.4, 0.5) is 291 Å². The first-order valence-corrected chi connectivity index (χ1v) is 27.9. The molecule has 4 N–H and O–H groups in total. The Morgan fingerprint density at radius 2 is 0.737 bits per heavy atom. The number of rotatable bonds is 13. The zero-order valence-corrected chi connectivity index (χ0v) is 63.8. The Hall–Kier alpha value is -13.8. The number of anilines is 2. The smallest absolute Gasteiger partial charge is 0.409 e. The number of unbranched alkanes of at least 4 members (excludes halogenated alkanes) is 1. The summed E-state index contributed by atoms with van der Waals surface area (Å²) in [6, 6.07) is 20.9. The minimum atomic E-state index is -0.990. The van der Waals surface area contributed by atoms with Crippen LogP contribution in [0.3, 0.4) is 0 Å². The van der Waals surface area contributed by atoms with E-state index in [9.17, 15) is 19.2 Å². The number of benzene rings is 2. The van der Waals surface area contributed by atoms with Crippen molar-refractivity contribution in [1.82, 2.24) is 48.9 Å². The quantitative estimate of drug-likeness (QED) is 0.0418. The predicted octanol–water partition coefficient (Wildman–Crippen LogP) is 34.1. The molecule has 3 amide bonds. The van der Waals surface area contributed by atoms with Gasteiger partial charge in [-0.1, -0.05) is 69.0 Å². The topological polar surface area (TPSA) is 292 Å². The first kappa shape index (κ1) is 195. The van der Waals surface area contributed by atoms with Crippen LogP contribution in [0.1, 0.15) is 108 Å². The van der Waals surface area contributed by atoms with Crippen molar-refractivity contribution >= 4 is 46.7 Å². The molecule has 137 heavy (non-hydrogen) atoms. The van der Waals surface area contributed by atoms with Crippen molar-refractivity contribution in [2.75, 3.05) is 58.0 Å². The van der Waals surface area contributed by atoms with Gasteiger partial charge in [0.25, 0.3) is 5.91 Å². The van der Waals surface area contributed by atoms with E-state index in [0.717, 1.165) is 53.5 Å². The highest BCUT2D eigenvalue weighted by Gasteiger charge is 2.37. The number of amides is 3. The number of carbonyl (C=O) groups is 4. The molecule has 2 aliphatic rings. The number of likely N-dealkylation sites (tertiary alicyclic amines) is 2. The summed E-state index contributed by atoms with van der Waals surface area (Å²) in [7, 11) is 2.71. The lowest BCUT2D eigenvalue weighted by molar-refractivity contribution is 0.0688. The van der Waals surface area contributed by atoms with Gasteiger partial charge in [0, 0.05) is 339 Å². The molecule has 0 atom stereocenters. The third-order valence-electron chi connectivity index (χ3n) is 12.6. The summed E-state index contributed by atoms with van der Waals surface area (Å²) in [6.07, 6.45) is 9.39. The molecule has 2 saturated heterocycles. The number of carboxylic acids is 1. The minimum absolute atomic E-state index is 0. The molecule has 82 heteroatoms. The van der Waals surface area contributed by atoms with Crippen molar-refractivity contribution in [2.45, 2.75) is 80.1 Å². The first-order valence-electron chi connectivity index (χ1n) is 27.9. The molecule has 10 rings (SSSR count). The number of ether oxygens (including phenoxy) is 2. The second-order valence-electron chi connectivity index (χ2n) is 17.7. The highest BCUT2D eigenvalue weighted by molar-refractivity contribution is 6.04. The van der Waals surface area contributed by atoms with Gasteiger partial charge in [-0.25, -0.2) is 30.9 Å². The Morgan fingerprint density at radius 3 is 1.02 bits per heavy atom. The largest absolute Gasteiger partial charge is 0.477 e. The maximum absolute atomic E-state index is 13.2. The van der Waals surface area contributed by atoms with Crippen LogP contribution in [0.5, 0.6) is 0 Å². The summed E-state index contributed by atoms with van der Waals surface area (Å²) in [5.41, 5.74) is 14.5. The van der Waals surface area contributed by atoms with Crippen LogP contribution in [-0.4, -0.2) is 125 Å². The third kappa shape index (κ3) is 89.9. The Labute approximate surface area is 722 Å². The molecule has 0 radical (unpaired) electrons. The fourth-order valence-corrected chi connectivity index (χ4v) is 8.13. The van der Waals surface area contributed by atoms with Crippen molar-refractivity contribution in [2.24, 2.45) is 0 Å². The Balaban J connectivity index is -0.0000000450. The van der Waals surface area contributed by atoms with E-state index in [-0.39, 0.29) is 62.6 Å². The van der Waals surface area contributed by atoms with Crippen LogP contribution < -0.4 is 11.1 Å². The van der Waals surface area contributed by atoms with E-state index in [0.29, 0.717) is 96.5 Å². The first-order chi connectivity index (χ1) is 65.3. The van der Waals surface area contributed by atoms with E-state index in [1.807, 2.05) is 68.6 Å². The molecule has 23 nitrogen and oxygen atoms in total. The molecular formula is C55H65F59N14O9. The van der Waals surface area contributed by atoms with Gasteiger partial charge in [0.15, 0.2) is 5.69 Å². The van der Waals surface area contributed by atoms with Gasteiger partial charge in [-0.2, -0.15) is 15.2 Å². The van der Waals surface area contributed by atoms with Crippen LogP contribution in [0, 0.1) is 31.8 Å². The lowest BCUT2D eigenvalue weighted by Crippen LogP contribution is -2.48. The fourth-order valence-electron chi connectivity index (χ4n) is 8.13. The SMILES string of the molecule is C.C.C.COC(=O)N1CC(c2nc(-c3ccc(C)c(N)c3)no2)C1.COC(=O)N1CC(c2nc(-c3ccc(C)c(NC(=O)c4cnc5ccc(CCCC#N)cn45)c3)no2)C1.F.FF.FF.FF.FF.FF.FF.FF.FF.FF.FF.FF.FF.FF.FF.FF.FF.FF.FF.FF.FF.FF.FF.FF.FF.FF.FF.FF.FF.FF.[C-]#[N+]CCCc1ccc2ncc(C(=O)O)n2c1. The summed E-state index contributed by atoms with van der Waals surface area (Å²) in [5.74, 6) is 0.635. The van der Waals surface area contributed by atoms with Crippen molar-refractivity contribution in [3.63, 3.8) is 0 Å². The molecule has 0 spiro atoms. The summed E-state index contributed by atoms with van der Waals surface area (Å²) >= 11 is 0. The molecule has 8 heterocycles. The van der Waals surface area contributed by atoms with Crippen molar-refractivity contribution in [1.29, 1.82) is 5.26 Å². The molecule has 6 aromatic heterocycles. The van der Waals surface area contributed by atoms with E-state index in [1.165, 1.54) is 20.4 Å². The van der Waals surface area contributed by atoms with E-state index >= 15 is 0 Å². The van der Waals surface area contributed by atoms with E-state index < -0.39 is 5.97 Å². The van der Waals surface area contributed by atoms with Crippen molar-refractivity contribution in [3.05, 3.63) is 142 Å². The number of imidazole rings is 2. The number of nitrogen functional groups attached to an aromatic ring is 1. The number of hydrogen-bond acceptors (Lipinski definition) is 16. The maximum atomic E-state index is 13.2. The van der Waals surface area contributed by atoms with E-state index in [4.69, 9.17) is 302 Å². The second kappa shape index (κ2) is 175. The number of hydrogen-bond donors (Lipinski definition) is 3. The number of pyridine rings is 2. The number of nitriles is 1. The zero-order valence-electron chi connectivity index (χ0n) is 63.8. The maximum Gasteiger partial charge on any atom is 0.409 e. The number of aryl methyl sites for hydroxylation is 4. The number of nitrogens with zero attached hydrogens (tertiary/aromatic N) is 12. The van der Waals surface area contributed by atoms with Crippen molar-refractivity contribution in [3.8, 4) is 28.8 Å². The summed E-state index contributed by atoms with van der Waals surface area (Å²) in [4.78, 5) is 70.7. The van der Waals surface area contributed by atoms with Crippen molar-refractivity contribution < 1.29 is 313 Å². The summed E-state index contributed by atoms with van der Waals surface area (Å²) < 4.78 is 487. The predicted molar refractivity (Wildman–Crippen MR) is 357 cm³/mol. The van der Waals surface area contributed by atoms with Crippen LogP contribution >= 0.6 is 0 Å². The molecule has 0 bridgehead atoms. The van der Waals surface area contributed by atoms with Gasteiger partial charge in [0.2, 0.25) is 30.0 Å². The number of methoxy groups -OCH3 is 2. The highest BCUT2D eigenvalue weighted by atomic mass is 20.1. The monoisotopic (exact) mass is 2190 g/mol. The number of aromatic carboxylic acids is 1. The minimum Gasteiger partial charge on any atom is -0.477 e. The number of nitrogens with one attached hydrogen (secondary N) is 1. The van der Waals surface area contributed by atoms with Crippen LogP contribution in [0.2, 0.25) is 0 Å². The second-order valence-corrected chi connectivity index (χ2v) is 17.7. The number of nitrogens with two attached hydrogens (primary N) is 1. The van der Waals surface area contributed by atoms with E-state index in [1.54, 1.807) is 43.1 Å². The summed E-state index contributed by atoms with van der Waals surface area (Å²) in [6.45, 7) is 13.0. The van der Waals surface area contributed by atoms with Gasteiger partial charge >= 0.3 is 18.2 Å². The lowest BCUT2D eigenvalue weighted by Gasteiger charge is -2.35. The Morgan fingerprint density at radius 1 is 0.453 bits per heavy atom. The molecule has 0 aliphatic carbocycles. The molecule has 8 aromatic rings. The number of carboxylic acid groups (broad SMARTS) is 1. The average molecular weight is 2190 g/mol. The Kier molecular flexibility index (Phi) is 249. The third-order valence-corrected chi connectivity index (χ3v) is 12.6. The van der Waals surface area contributed by atoms with Crippen LogP contribution in [-0.2, 0) is 22.3 Å². The zero-order chi connectivity index (χ0) is 111. The normalized spacial score (nSPS) is 8.41. The van der Waals surface area contributed by atoms with Gasteiger partial charge in [0.05, 0.1) is 44.5 Å². The number of carbonyl (C=O) groups excluding carboxylic acids is 3. The van der Waals surface area contributed by atoms with E-state index in [2.05, 4.69) is 51.2 Å². The molecule has 2 aliphatic heterocycles. The molecule has 0 saturated carbocycles. The lowest BCUT2D eigenvalue weighted by atomic mass is 10.0. The van der Waals surface area contributed by atoms with Gasteiger partial charge < -0.3 is 49.3 Å². The number of fused-ring (bicyclic) bond motifs is 2. The van der Waals surface area contributed by atoms with Crippen LogP contribution in [0.15, 0.2) is 94.5 Å². The van der Waals surface area contributed by atoms with Crippen LogP contribution in [0.25, 0.3) is 38.9 Å². The van der Waals surface area contributed by atoms with Gasteiger partial charge in [-0.15, -0.1) is 0 Å². The fraction of sp³-hybridized carbons (Fsp3) is 0.345. The number of halogens is 59. The molecule has 2 aromatic carbocycles. The Bertz CT molecular complexity index is 3600. The molecule has 0 unspecified atom stereocenters. The standard InChI is InChI=1S/C26H25N7O4.C14H16N4O3.C12H11N3O2.3CH4.29F2.FH/c1-16-6-8-18(23-30-25(37-31-23)19-14-32(15-19)26(35)36-2)11-20(16)29-24(34)21-12-28-22-9-7-17(13-33(21)22)5-3-4-10-27;1-8-3-4-9(5-11(8)15)12-16-13(21-17-12)10-6-18(7-10)14(19)20-2;1-13-6-2-3-9-4-5-11-14-7-10(12(16)17)15(11)8-9;;;;29*1-2;/h6-9,11-13,19H,3-5,14-15H2,1-2H3,(H,29,34);3-5,10H,6-7,15H2,1-2H3;4-5,7-8H,2-3,6H2,(H,16,17);3*1H4;;;;;;;;;;;;;;;;;;;;;;;;;;;;;;1H. The highest BCUT2D eigenvalue weighted by Crippen LogP contribution is 2.31. The number of aromatic nitrogens is 8. The van der Waals surface area contributed by atoms with Gasteiger partial charge in [-0.05, 0) is 79.6 Å². The summed E-state index contributed by atoms with van der Waals surface area (Å²) in [5, 5.41) is 28.8. The molecule has 2 fully saturated rings.